The molecule has 1 aliphatic heterocycles. The predicted octanol–water partition coefficient (Wildman–Crippen LogP) is 4.47. The van der Waals surface area contributed by atoms with E-state index in [9.17, 15) is 9.59 Å². The number of thioether (sulfide) groups is 1. The highest BCUT2D eigenvalue weighted by Gasteiger charge is 2.29. The smallest absolute Gasteiger partial charge is 0.350 e. The average molecular weight is 397 g/mol. The third kappa shape index (κ3) is 3.91. The van der Waals surface area contributed by atoms with Gasteiger partial charge in [-0.2, -0.15) is 0 Å². The summed E-state index contributed by atoms with van der Waals surface area (Å²) in [5.41, 5.74) is 1.77. The van der Waals surface area contributed by atoms with Gasteiger partial charge < -0.3 is 10.1 Å². The number of hydrogen-bond acceptors (Lipinski definition) is 7. The maximum absolute atomic E-state index is 12.7. The van der Waals surface area contributed by atoms with Crippen molar-refractivity contribution in [2.24, 2.45) is 0 Å². The van der Waals surface area contributed by atoms with Crippen LogP contribution in [-0.4, -0.2) is 29.2 Å². The molecule has 1 amide bonds. The molecular weight excluding hydrogens is 376 g/mol. The fourth-order valence-electron chi connectivity index (χ4n) is 2.65. The van der Waals surface area contributed by atoms with Crippen LogP contribution in [0.4, 0.5) is 5.13 Å². The van der Waals surface area contributed by atoms with E-state index in [1.54, 1.807) is 30.0 Å². The van der Waals surface area contributed by atoms with E-state index in [2.05, 4.69) is 10.3 Å². The van der Waals surface area contributed by atoms with Crippen molar-refractivity contribution in [3.63, 3.8) is 0 Å². The number of aromatic nitrogens is 1. The van der Waals surface area contributed by atoms with Gasteiger partial charge in [0.05, 0.1) is 12.3 Å². The van der Waals surface area contributed by atoms with Crippen molar-refractivity contribution in [2.45, 2.75) is 38.4 Å². The monoisotopic (exact) mass is 396 g/mol. The number of thiophene rings is 1. The van der Waals surface area contributed by atoms with Gasteiger partial charge >= 0.3 is 5.97 Å². The number of aryl methyl sites for hydroxylation is 1. The molecule has 2 aromatic rings. The van der Waals surface area contributed by atoms with Gasteiger partial charge in [-0.05, 0) is 42.0 Å². The first-order chi connectivity index (χ1) is 12.0. The summed E-state index contributed by atoms with van der Waals surface area (Å²) < 4.78 is 5.11. The van der Waals surface area contributed by atoms with Gasteiger partial charge in [0.15, 0.2) is 5.13 Å². The van der Waals surface area contributed by atoms with Crippen molar-refractivity contribution in [1.29, 1.82) is 0 Å². The summed E-state index contributed by atoms with van der Waals surface area (Å²) in [5.74, 6) is 0.559. The van der Waals surface area contributed by atoms with Crippen molar-refractivity contribution >= 4 is 51.4 Å². The summed E-state index contributed by atoms with van der Waals surface area (Å²) >= 11 is 4.54. The van der Waals surface area contributed by atoms with Crippen LogP contribution < -0.4 is 5.32 Å². The van der Waals surface area contributed by atoms with Crippen LogP contribution in [0.1, 0.15) is 57.7 Å². The highest BCUT2D eigenvalue weighted by atomic mass is 32.2. The first kappa shape index (κ1) is 18.4. The number of carbonyl (C=O) groups excluding carboxylic acids is 2. The van der Waals surface area contributed by atoms with Crippen LogP contribution in [0.25, 0.3) is 0 Å². The molecule has 0 radical (unpaired) electrons. The molecule has 1 atom stereocenters. The van der Waals surface area contributed by atoms with Crippen LogP contribution in [0.2, 0.25) is 0 Å². The molecule has 5 nitrogen and oxygen atoms in total. The number of anilines is 1. The summed E-state index contributed by atoms with van der Waals surface area (Å²) in [6, 6.07) is 2.03. The van der Waals surface area contributed by atoms with Crippen molar-refractivity contribution in [3.05, 3.63) is 32.5 Å². The van der Waals surface area contributed by atoms with Crippen LogP contribution in [0.15, 0.2) is 11.4 Å². The van der Waals surface area contributed by atoms with E-state index in [0.717, 1.165) is 17.7 Å². The number of amides is 1. The molecule has 3 rings (SSSR count). The molecule has 134 valence electrons. The molecule has 1 unspecified atom stereocenters. The van der Waals surface area contributed by atoms with Crippen molar-refractivity contribution in [2.75, 3.05) is 17.7 Å². The standard InChI is InChI=1S/C17H20N2O3S3/c1-4-22-16(21)14-12(9(2)3)18-17(25-14)19-15(20)13-10-5-7-23-11(10)6-8-24-13/h5,7,9,13H,4,6,8H2,1-3H3,(H,18,19,20). The molecule has 1 N–H and O–H groups in total. The Morgan fingerprint density at radius 1 is 1.44 bits per heavy atom. The zero-order valence-corrected chi connectivity index (χ0v) is 16.8. The Morgan fingerprint density at radius 2 is 2.24 bits per heavy atom. The van der Waals surface area contributed by atoms with E-state index in [1.807, 2.05) is 25.3 Å². The number of thiazole rings is 1. The third-order valence-corrected chi connectivity index (χ3v) is 7.01. The first-order valence-electron chi connectivity index (χ1n) is 8.17. The fraction of sp³-hybridized carbons (Fsp3) is 0.471. The molecule has 0 saturated heterocycles. The maximum atomic E-state index is 12.7. The van der Waals surface area contributed by atoms with Crippen LogP contribution in [0.5, 0.6) is 0 Å². The number of nitrogens with zero attached hydrogens (tertiary/aromatic N) is 1. The van der Waals surface area contributed by atoms with Gasteiger partial charge in [0.2, 0.25) is 5.91 Å². The summed E-state index contributed by atoms with van der Waals surface area (Å²) in [6.45, 7) is 6.03. The number of fused-ring (bicyclic) bond motifs is 1. The van der Waals surface area contributed by atoms with Gasteiger partial charge in [0.1, 0.15) is 10.1 Å². The zero-order chi connectivity index (χ0) is 18.0. The number of rotatable bonds is 5. The number of ether oxygens (including phenoxy) is 1. The molecule has 0 aliphatic carbocycles. The van der Waals surface area contributed by atoms with Gasteiger partial charge in [-0.25, -0.2) is 9.78 Å². The molecule has 1 aliphatic rings. The fourth-order valence-corrected chi connectivity index (χ4v) is 5.96. The molecule has 0 fully saturated rings. The average Bonchev–Trinajstić information content (AvgIpc) is 3.21. The van der Waals surface area contributed by atoms with E-state index in [4.69, 9.17) is 4.74 Å². The lowest BCUT2D eigenvalue weighted by molar-refractivity contribution is -0.115. The Morgan fingerprint density at radius 3 is 2.96 bits per heavy atom. The SMILES string of the molecule is CCOC(=O)c1sc(NC(=O)C2SCCc3sccc32)nc1C(C)C. The van der Waals surface area contributed by atoms with E-state index >= 15 is 0 Å². The highest BCUT2D eigenvalue weighted by molar-refractivity contribution is 8.00. The molecule has 3 heterocycles. The second kappa shape index (κ2) is 7.88. The molecule has 0 saturated carbocycles. The Balaban J connectivity index is 1.80. The van der Waals surface area contributed by atoms with Gasteiger partial charge in [0.25, 0.3) is 0 Å². The second-order valence-corrected chi connectivity index (χ2v) is 9.11. The van der Waals surface area contributed by atoms with Crippen molar-refractivity contribution in [3.8, 4) is 0 Å². The summed E-state index contributed by atoms with van der Waals surface area (Å²) in [5, 5.41) is 5.18. The lowest BCUT2D eigenvalue weighted by Gasteiger charge is -2.20. The minimum absolute atomic E-state index is 0.0776. The lowest BCUT2D eigenvalue weighted by atomic mass is 10.1. The largest absolute Gasteiger partial charge is 0.462 e. The highest BCUT2D eigenvalue weighted by Crippen LogP contribution is 2.40. The van der Waals surface area contributed by atoms with E-state index < -0.39 is 0 Å². The van der Waals surface area contributed by atoms with Gasteiger partial charge in [0, 0.05) is 4.88 Å². The Bertz CT molecular complexity index is 782. The third-order valence-electron chi connectivity index (χ3n) is 3.81. The van der Waals surface area contributed by atoms with Gasteiger partial charge in [-0.3, -0.25) is 4.79 Å². The van der Waals surface area contributed by atoms with Crippen molar-refractivity contribution < 1.29 is 14.3 Å². The summed E-state index contributed by atoms with van der Waals surface area (Å²) in [6.07, 6.45) is 1.02. The molecule has 0 aromatic carbocycles. The minimum atomic E-state index is -0.378. The molecule has 0 bridgehead atoms. The van der Waals surface area contributed by atoms with E-state index in [-0.39, 0.29) is 23.0 Å². The Labute approximate surface area is 159 Å². The predicted molar refractivity (Wildman–Crippen MR) is 104 cm³/mol. The normalized spacial score (nSPS) is 16.6. The number of hydrogen-bond donors (Lipinski definition) is 1. The van der Waals surface area contributed by atoms with Gasteiger partial charge in [-0.15, -0.1) is 23.1 Å². The molecular formula is C17H20N2O3S3. The second-order valence-electron chi connectivity index (χ2n) is 5.90. The topological polar surface area (TPSA) is 68.3 Å². The van der Waals surface area contributed by atoms with Gasteiger partial charge in [-0.1, -0.05) is 25.2 Å². The lowest BCUT2D eigenvalue weighted by Crippen LogP contribution is -2.22. The zero-order valence-electron chi connectivity index (χ0n) is 14.3. The van der Waals surface area contributed by atoms with Crippen molar-refractivity contribution in [1.82, 2.24) is 4.98 Å². The molecule has 25 heavy (non-hydrogen) atoms. The first-order valence-corrected chi connectivity index (χ1v) is 10.9. The Hall–Kier alpha value is -1.38. The minimum Gasteiger partial charge on any atom is -0.462 e. The molecule has 8 heteroatoms. The maximum Gasteiger partial charge on any atom is 0.350 e. The summed E-state index contributed by atoms with van der Waals surface area (Å²) in [7, 11) is 0. The quantitative estimate of drug-likeness (QED) is 0.755. The Kier molecular flexibility index (Phi) is 5.81. The molecule has 2 aromatic heterocycles. The van der Waals surface area contributed by atoms with Crippen LogP contribution >= 0.6 is 34.4 Å². The van der Waals surface area contributed by atoms with E-state index in [1.165, 1.54) is 16.2 Å². The van der Waals surface area contributed by atoms with Crippen LogP contribution in [0, 0.1) is 0 Å². The van der Waals surface area contributed by atoms with Crippen LogP contribution in [0.3, 0.4) is 0 Å². The molecule has 0 spiro atoms. The number of carbonyl (C=O) groups is 2. The van der Waals surface area contributed by atoms with Crippen LogP contribution in [-0.2, 0) is 16.0 Å². The summed E-state index contributed by atoms with van der Waals surface area (Å²) in [4.78, 5) is 31.1. The van der Waals surface area contributed by atoms with E-state index in [0.29, 0.717) is 22.3 Å². The number of esters is 1. The number of nitrogens with one attached hydrogen (secondary N) is 1.